The molecule has 4 saturated carbocycles. The van der Waals surface area contributed by atoms with Gasteiger partial charge in [-0.15, -0.1) is 0 Å². The summed E-state index contributed by atoms with van der Waals surface area (Å²) in [4.78, 5) is 0. The van der Waals surface area contributed by atoms with Crippen LogP contribution in [0.4, 0.5) is 0 Å². The van der Waals surface area contributed by atoms with Crippen LogP contribution in [0.3, 0.4) is 0 Å². The van der Waals surface area contributed by atoms with Crippen LogP contribution in [0.25, 0.3) is 0 Å². The molecule has 3 N–H and O–H groups in total. The molecule has 138 valence electrons. The lowest BCUT2D eigenvalue weighted by Gasteiger charge is -2.59. The van der Waals surface area contributed by atoms with Gasteiger partial charge >= 0.3 is 0 Å². The average molecular weight is 344 g/mol. The third-order valence-corrected chi connectivity index (χ3v) is 9.52. The summed E-state index contributed by atoms with van der Waals surface area (Å²) >= 11 is 0. The Bertz CT molecular complexity index is 612. The summed E-state index contributed by atoms with van der Waals surface area (Å²) in [5.41, 5.74) is 2.69. The zero-order valence-electron chi connectivity index (χ0n) is 15.1. The molecule has 3 nitrogen and oxygen atoms in total. The zero-order chi connectivity index (χ0) is 16.9. The Hall–Kier alpha value is -0.380. The number of fused-ring (bicyclic) bond motifs is 3. The minimum atomic E-state index is -0.657. The monoisotopic (exact) mass is 344 g/mol. The van der Waals surface area contributed by atoms with Gasteiger partial charge in [0.05, 0.1) is 12.2 Å². The molecule has 0 saturated heterocycles. The highest BCUT2D eigenvalue weighted by atomic mass is 16.3. The van der Waals surface area contributed by atoms with E-state index in [4.69, 9.17) is 0 Å². The van der Waals surface area contributed by atoms with E-state index in [0.29, 0.717) is 35.5 Å². The molecule has 25 heavy (non-hydrogen) atoms. The molecule has 6 aliphatic carbocycles. The molecule has 3 heteroatoms. The van der Waals surface area contributed by atoms with Crippen LogP contribution in [-0.4, -0.2) is 33.6 Å². The highest BCUT2D eigenvalue weighted by Crippen LogP contribution is 2.67. The molecule has 6 rings (SSSR count). The lowest BCUT2D eigenvalue weighted by molar-refractivity contribution is -0.127. The molecule has 11 atom stereocenters. The maximum atomic E-state index is 11.5. The van der Waals surface area contributed by atoms with Crippen molar-refractivity contribution in [1.82, 2.24) is 0 Å². The van der Waals surface area contributed by atoms with Gasteiger partial charge in [0.25, 0.3) is 0 Å². The standard InChI is InChI=1S/C22H32O3/c23-20-13-7-3-4-10-8-9-14-16(15(10)13)19-17(20)11-5-1-2-6-12(11)18(19)22(25)21(14)24/h10-17,20-25H,1-9H2/t10?,11?,12?,13?,14?,15?,16?,17?,20?,21-,22-/m1/s1. The largest absolute Gasteiger partial charge is 0.392 e. The highest BCUT2D eigenvalue weighted by Gasteiger charge is 2.64. The van der Waals surface area contributed by atoms with E-state index in [0.717, 1.165) is 18.8 Å². The summed E-state index contributed by atoms with van der Waals surface area (Å²) in [6.07, 6.45) is 9.51. The highest BCUT2D eigenvalue weighted by molar-refractivity contribution is 5.41. The third kappa shape index (κ3) is 1.83. The van der Waals surface area contributed by atoms with Gasteiger partial charge in [-0.25, -0.2) is 0 Å². The Morgan fingerprint density at radius 1 is 0.600 bits per heavy atom. The number of hydrogen-bond donors (Lipinski definition) is 3. The Labute approximate surface area is 150 Å². The van der Waals surface area contributed by atoms with E-state index >= 15 is 0 Å². The SMILES string of the molecule is OC1C2CCCC3CCC4C(C5=C(C6CCCCC6C51)[C@@H](O)[C@@H]4O)C32. The van der Waals surface area contributed by atoms with E-state index in [1.165, 1.54) is 56.1 Å². The second-order valence-corrected chi connectivity index (χ2v) is 10.1. The van der Waals surface area contributed by atoms with E-state index in [-0.39, 0.29) is 12.0 Å². The predicted molar refractivity (Wildman–Crippen MR) is 94.5 cm³/mol. The molecule has 0 aromatic rings. The molecule has 9 unspecified atom stereocenters. The maximum Gasteiger partial charge on any atom is 0.102 e. The van der Waals surface area contributed by atoms with Crippen molar-refractivity contribution in [1.29, 1.82) is 0 Å². The smallest absolute Gasteiger partial charge is 0.102 e. The lowest BCUT2D eigenvalue weighted by atomic mass is 9.47. The molecule has 4 fully saturated rings. The van der Waals surface area contributed by atoms with Gasteiger partial charge in [-0.05, 0) is 79.1 Å². The van der Waals surface area contributed by atoms with E-state index < -0.39 is 12.2 Å². The molecule has 0 bridgehead atoms. The van der Waals surface area contributed by atoms with Gasteiger partial charge in [-0.2, -0.15) is 0 Å². The first kappa shape index (κ1) is 15.7. The zero-order valence-corrected chi connectivity index (χ0v) is 15.1. The first-order valence-corrected chi connectivity index (χ1v) is 11.0. The fraction of sp³-hybridized carbons (Fsp3) is 0.909. The average Bonchev–Trinajstić information content (AvgIpc) is 2.99. The Morgan fingerprint density at radius 2 is 1.40 bits per heavy atom. The van der Waals surface area contributed by atoms with Gasteiger partial charge in [-0.1, -0.05) is 31.3 Å². The van der Waals surface area contributed by atoms with E-state index in [9.17, 15) is 15.3 Å². The first-order valence-electron chi connectivity index (χ1n) is 11.0. The Kier molecular flexibility index (Phi) is 3.34. The summed E-state index contributed by atoms with van der Waals surface area (Å²) in [6, 6.07) is 0. The van der Waals surface area contributed by atoms with Crippen molar-refractivity contribution in [2.75, 3.05) is 0 Å². The molecular weight excluding hydrogens is 312 g/mol. The van der Waals surface area contributed by atoms with Crippen LogP contribution in [0.2, 0.25) is 0 Å². The Morgan fingerprint density at radius 3 is 2.28 bits per heavy atom. The van der Waals surface area contributed by atoms with Crippen molar-refractivity contribution >= 4 is 0 Å². The quantitative estimate of drug-likeness (QED) is 0.592. The third-order valence-electron chi connectivity index (χ3n) is 9.52. The molecule has 0 radical (unpaired) electrons. The van der Waals surface area contributed by atoms with Gasteiger partial charge in [0, 0.05) is 5.92 Å². The minimum Gasteiger partial charge on any atom is -0.392 e. The van der Waals surface area contributed by atoms with E-state index in [1.807, 2.05) is 0 Å². The lowest BCUT2D eigenvalue weighted by Crippen LogP contribution is -2.58. The van der Waals surface area contributed by atoms with Gasteiger partial charge in [-0.3, -0.25) is 0 Å². The van der Waals surface area contributed by atoms with Crippen molar-refractivity contribution in [2.45, 2.75) is 76.1 Å². The fourth-order valence-electron chi connectivity index (χ4n) is 8.88. The molecule has 0 aromatic carbocycles. The summed E-state index contributed by atoms with van der Waals surface area (Å²) in [5.74, 6) is 3.76. The molecule has 0 amide bonds. The number of rotatable bonds is 0. The molecule has 0 aromatic heterocycles. The fourth-order valence-corrected chi connectivity index (χ4v) is 8.88. The molecular formula is C22H32O3. The topological polar surface area (TPSA) is 60.7 Å². The predicted octanol–water partition coefficient (Wildman–Crippen LogP) is 2.89. The van der Waals surface area contributed by atoms with Gasteiger partial charge < -0.3 is 15.3 Å². The summed E-state index contributed by atoms with van der Waals surface area (Å²) in [5, 5.41) is 33.5. The first-order chi connectivity index (χ1) is 12.2. The number of aliphatic hydroxyl groups excluding tert-OH is 3. The summed E-state index contributed by atoms with van der Waals surface area (Å²) in [7, 11) is 0. The van der Waals surface area contributed by atoms with E-state index in [1.54, 1.807) is 0 Å². The van der Waals surface area contributed by atoms with Crippen molar-refractivity contribution < 1.29 is 15.3 Å². The van der Waals surface area contributed by atoms with Gasteiger partial charge in [0.2, 0.25) is 0 Å². The van der Waals surface area contributed by atoms with Crippen LogP contribution in [0.5, 0.6) is 0 Å². The summed E-state index contributed by atoms with van der Waals surface area (Å²) in [6.45, 7) is 0. The normalized spacial score (nSPS) is 59.4. The van der Waals surface area contributed by atoms with Crippen LogP contribution in [-0.2, 0) is 0 Å². The number of aliphatic hydroxyl groups is 3. The Balaban J connectivity index is 1.55. The molecule has 6 aliphatic rings. The van der Waals surface area contributed by atoms with Crippen LogP contribution >= 0.6 is 0 Å². The van der Waals surface area contributed by atoms with Crippen molar-refractivity contribution in [3.8, 4) is 0 Å². The minimum absolute atomic E-state index is 0.191. The second kappa shape index (κ2) is 5.33. The van der Waals surface area contributed by atoms with Gasteiger partial charge in [0.1, 0.15) is 6.10 Å². The van der Waals surface area contributed by atoms with Gasteiger partial charge in [0.15, 0.2) is 0 Å². The van der Waals surface area contributed by atoms with Crippen LogP contribution in [0, 0.1) is 47.3 Å². The second-order valence-electron chi connectivity index (χ2n) is 10.1. The van der Waals surface area contributed by atoms with Crippen molar-refractivity contribution in [2.24, 2.45) is 47.3 Å². The van der Waals surface area contributed by atoms with E-state index in [2.05, 4.69) is 0 Å². The summed E-state index contributed by atoms with van der Waals surface area (Å²) < 4.78 is 0. The van der Waals surface area contributed by atoms with Crippen LogP contribution in [0.1, 0.15) is 57.8 Å². The molecule has 0 aliphatic heterocycles. The number of hydrogen-bond acceptors (Lipinski definition) is 3. The van der Waals surface area contributed by atoms with Crippen LogP contribution < -0.4 is 0 Å². The van der Waals surface area contributed by atoms with Crippen molar-refractivity contribution in [3.05, 3.63) is 11.1 Å². The van der Waals surface area contributed by atoms with Crippen LogP contribution in [0.15, 0.2) is 11.1 Å². The molecule has 0 spiro atoms. The molecule has 0 heterocycles. The van der Waals surface area contributed by atoms with Crippen molar-refractivity contribution in [3.63, 3.8) is 0 Å². The maximum absolute atomic E-state index is 11.5.